The second-order valence-electron chi connectivity index (χ2n) is 11.3. The number of fused-ring (bicyclic) bond motifs is 3. The van der Waals surface area contributed by atoms with E-state index in [2.05, 4.69) is 12.2 Å². The lowest BCUT2D eigenvalue weighted by Gasteiger charge is -2.64. The number of hydrogen-bond acceptors (Lipinski definition) is 5. The molecule has 0 radical (unpaired) electrons. The molecule has 5 rings (SSSR count). The van der Waals surface area contributed by atoms with Crippen molar-refractivity contribution in [2.45, 2.75) is 65.1 Å². The van der Waals surface area contributed by atoms with Crippen LogP contribution in [0.4, 0.5) is 5.69 Å². The second kappa shape index (κ2) is 6.89. The van der Waals surface area contributed by atoms with Crippen molar-refractivity contribution in [2.24, 2.45) is 39.9 Å². The van der Waals surface area contributed by atoms with E-state index in [0.717, 1.165) is 24.9 Å². The van der Waals surface area contributed by atoms with Crippen LogP contribution in [0.3, 0.4) is 0 Å². The summed E-state index contributed by atoms with van der Waals surface area (Å²) in [5.41, 5.74) is -0.856. The number of hydrogen-bond donors (Lipinski definition) is 3. The van der Waals surface area contributed by atoms with E-state index in [1.165, 1.54) is 0 Å². The molecule has 31 heavy (non-hydrogen) atoms. The first-order valence-corrected chi connectivity index (χ1v) is 11.9. The molecule has 1 spiro atoms. The smallest absolute Gasteiger partial charge is 0.149 e. The molecule has 0 heterocycles. The zero-order valence-corrected chi connectivity index (χ0v) is 18.8. The molecular weight excluding hydrogens is 390 g/mol. The van der Waals surface area contributed by atoms with Crippen molar-refractivity contribution in [1.82, 2.24) is 0 Å². The van der Waals surface area contributed by atoms with Crippen molar-refractivity contribution in [3.63, 3.8) is 0 Å². The molecule has 1 unspecified atom stereocenters. The molecule has 4 saturated carbocycles. The van der Waals surface area contributed by atoms with Crippen LogP contribution in [0, 0.1) is 39.9 Å². The van der Waals surface area contributed by atoms with Crippen LogP contribution in [0.25, 0.3) is 0 Å². The standard InChI is InChI=1S/C26H35NO4/c1-24(2)19-13-21(29)26-18(25(19,3)12-11-20(24)28)10-9-16(22(26)30)17(23(26)31)14-27-15-7-5-4-6-8-15/h4-8,16-19,21-22,27,29-30H,9-14H2,1-3H3/t16-,17?,18-,19+,21+,22+,25-,26+/m0/s1. The summed E-state index contributed by atoms with van der Waals surface area (Å²) in [5, 5.41) is 26.4. The molecule has 4 aliphatic carbocycles. The number of rotatable bonds is 3. The van der Waals surface area contributed by atoms with Crippen molar-refractivity contribution < 1.29 is 19.8 Å². The Labute approximate surface area is 184 Å². The maximum atomic E-state index is 14.0. The molecule has 0 aromatic heterocycles. The predicted molar refractivity (Wildman–Crippen MR) is 118 cm³/mol. The van der Waals surface area contributed by atoms with Gasteiger partial charge in [-0.25, -0.2) is 0 Å². The molecule has 3 N–H and O–H groups in total. The third kappa shape index (κ3) is 2.62. The number of carbonyl (C=O) groups excluding carboxylic acids is 2. The second-order valence-corrected chi connectivity index (χ2v) is 11.3. The van der Waals surface area contributed by atoms with Crippen molar-refractivity contribution in [3.05, 3.63) is 30.3 Å². The average Bonchev–Trinajstić information content (AvgIpc) is 2.86. The van der Waals surface area contributed by atoms with Crippen molar-refractivity contribution in [1.29, 1.82) is 0 Å². The summed E-state index contributed by atoms with van der Waals surface area (Å²) in [4.78, 5) is 26.7. The fraction of sp³-hybridized carbons (Fsp3) is 0.692. The summed E-state index contributed by atoms with van der Waals surface area (Å²) in [7, 11) is 0. The van der Waals surface area contributed by atoms with E-state index in [4.69, 9.17) is 0 Å². The molecule has 168 valence electrons. The molecule has 0 aliphatic heterocycles. The van der Waals surface area contributed by atoms with Crippen LogP contribution in [-0.2, 0) is 9.59 Å². The minimum absolute atomic E-state index is 0.0323. The maximum absolute atomic E-state index is 14.0. The summed E-state index contributed by atoms with van der Waals surface area (Å²) in [6.07, 6.45) is 1.61. The summed E-state index contributed by atoms with van der Waals surface area (Å²) in [5.74, 6) is -0.166. The van der Waals surface area contributed by atoms with E-state index in [9.17, 15) is 19.8 Å². The highest BCUT2D eigenvalue weighted by Crippen LogP contribution is 2.70. The minimum atomic E-state index is -1.09. The lowest BCUT2D eigenvalue weighted by atomic mass is 9.39. The Morgan fingerprint density at radius 1 is 1.03 bits per heavy atom. The van der Waals surface area contributed by atoms with Gasteiger partial charge in [-0.3, -0.25) is 9.59 Å². The Balaban J connectivity index is 1.50. The van der Waals surface area contributed by atoms with Crippen molar-refractivity contribution >= 4 is 17.3 Å². The number of para-hydroxylation sites is 1. The summed E-state index contributed by atoms with van der Waals surface area (Å²) in [6.45, 7) is 6.72. The lowest BCUT2D eigenvalue weighted by Crippen LogP contribution is -2.68. The van der Waals surface area contributed by atoms with Crippen LogP contribution in [0.15, 0.2) is 30.3 Å². The van der Waals surface area contributed by atoms with Crippen LogP contribution in [0.2, 0.25) is 0 Å². The maximum Gasteiger partial charge on any atom is 0.149 e. The van der Waals surface area contributed by atoms with Crippen LogP contribution >= 0.6 is 0 Å². The van der Waals surface area contributed by atoms with Gasteiger partial charge in [-0.2, -0.15) is 0 Å². The van der Waals surface area contributed by atoms with Crippen LogP contribution < -0.4 is 5.32 Å². The fourth-order valence-electron chi connectivity index (χ4n) is 8.36. The topological polar surface area (TPSA) is 86.6 Å². The molecule has 4 aliphatic rings. The molecule has 0 saturated heterocycles. The average molecular weight is 426 g/mol. The number of Topliss-reactive ketones (excluding diaryl/α,β-unsaturated/α-hetero) is 2. The number of aliphatic hydroxyl groups is 2. The summed E-state index contributed by atoms with van der Waals surface area (Å²) in [6, 6.07) is 9.83. The summed E-state index contributed by atoms with van der Waals surface area (Å²) < 4.78 is 0. The van der Waals surface area contributed by atoms with E-state index in [1.807, 2.05) is 44.2 Å². The Kier molecular flexibility index (Phi) is 4.70. The van der Waals surface area contributed by atoms with E-state index in [-0.39, 0.29) is 40.7 Å². The highest BCUT2D eigenvalue weighted by atomic mass is 16.3. The van der Waals surface area contributed by atoms with Gasteiger partial charge >= 0.3 is 0 Å². The molecule has 5 heteroatoms. The lowest BCUT2D eigenvalue weighted by molar-refractivity contribution is -0.222. The summed E-state index contributed by atoms with van der Waals surface area (Å²) >= 11 is 0. The Bertz CT molecular complexity index is 898. The number of carbonyl (C=O) groups is 2. The first-order chi connectivity index (χ1) is 14.6. The van der Waals surface area contributed by atoms with Gasteiger partial charge in [-0.15, -0.1) is 0 Å². The normalized spacial score (nSPS) is 45.7. The number of ketones is 2. The number of benzene rings is 1. The predicted octanol–water partition coefficient (Wildman–Crippen LogP) is 3.45. The molecule has 1 aromatic carbocycles. The number of nitrogens with one attached hydrogen (secondary N) is 1. The van der Waals surface area contributed by atoms with E-state index in [1.54, 1.807) is 0 Å². The third-order valence-electron chi connectivity index (χ3n) is 9.92. The SMILES string of the molecule is CC1(C)C(=O)CC[C@]2(C)[C@@H]1C[C@@H](O)[C@]13C(=O)C(CNc4ccccc4)[C@H](CC[C@@H]21)[C@H]3O. The fourth-order valence-corrected chi connectivity index (χ4v) is 8.36. The Morgan fingerprint density at radius 3 is 2.45 bits per heavy atom. The quantitative estimate of drug-likeness (QED) is 0.691. The Morgan fingerprint density at radius 2 is 1.74 bits per heavy atom. The van der Waals surface area contributed by atoms with Gasteiger partial charge in [0.25, 0.3) is 0 Å². The molecule has 0 amide bonds. The van der Waals surface area contributed by atoms with Crippen LogP contribution in [-0.4, -0.2) is 40.5 Å². The van der Waals surface area contributed by atoms with Crippen molar-refractivity contribution in [3.8, 4) is 0 Å². The van der Waals surface area contributed by atoms with Gasteiger partial charge < -0.3 is 15.5 Å². The minimum Gasteiger partial charge on any atom is -0.392 e. The zero-order valence-electron chi connectivity index (χ0n) is 18.8. The first kappa shape index (κ1) is 21.1. The molecule has 1 aromatic rings. The highest BCUT2D eigenvalue weighted by molar-refractivity contribution is 5.93. The van der Waals surface area contributed by atoms with Gasteiger partial charge in [0.1, 0.15) is 11.6 Å². The van der Waals surface area contributed by atoms with Crippen LogP contribution in [0.1, 0.15) is 52.9 Å². The largest absolute Gasteiger partial charge is 0.392 e. The molecule has 4 fully saturated rings. The Hall–Kier alpha value is -1.72. The van der Waals surface area contributed by atoms with Gasteiger partial charge in [0.05, 0.1) is 17.6 Å². The van der Waals surface area contributed by atoms with E-state index in [0.29, 0.717) is 19.4 Å². The van der Waals surface area contributed by atoms with E-state index >= 15 is 0 Å². The molecule has 5 nitrogen and oxygen atoms in total. The third-order valence-corrected chi connectivity index (χ3v) is 9.92. The van der Waals surface area contributed by atoms with Gasteiger partial charge in [0.15, 0.2) is 0 Å². The van der Waals surface area contributed by atoms with Gasteiger partial charge in [0.2, 0.25) is 0 Å². The monoisotopic (exact) mass is 425 g/mol. The van der Waals surface area contributed by atoms with Gasteiger partial charge in [-0.05, 0) is 61.0 Å². The van der Waals surface area contributed by atoms with E-state index < -0.39 is 23.0 Å². The van der Waals surface area contributed by atoms with Crippen LogP contribution in [0.5, 0.6) is 0 Å². The number of anilines is 1. The van der Waals surface area contributed by atoms with Gasteiger partial charge in [0, 0.05) is 30.0 Å². The molecule has 8 atom stereocenters. The first-order valence-electron chi connectivity index (χ1n) is 11.9. The number of aliphatic hydroxyl groups excluding tert-OH is 2. The highest BCUT2D eigenvalue weighted by Gasteiger charge is 2.75. The zero-order chi connectivity index (χ0) is 22.2. The van der Waals surface area contributed by atoms with Gasteiger partial charge in [-0.1, -0.05) is 39.0 Å². The van der Waals surface area contributed by atoms with Crippen molar-refractivity contribution in [2.75, 3.05) is 11.9 Å². The molecular formula is C26H35NO4. The molecule has 2 bridgehead atoms.